The van der Waals surface area contributed by atoms with Crippen LogP contribution in [0.5, 0.6) is 5.75 Å². The molecule has 0 bridgehead atoms. The van der Waals surface area contributed by atoms with E-state index < -0.39 is 6.10 Å². The molecule has 0 fully saturated rings. The van der Waals surface area contributed by atoms with E-state index in [4.69, 9.17) is 9.26 Å². The van der Waals surface area contributed by atoms with Crippen LogP contribution in [-0.2, 0) is 4.79 Å². The van der Waals surface area contributed by atoms with Crippen molar-refractivity contribution < 1.29 is 18.8 Å². The lowest BCUT2D eigenvalue weighted by Gasteiger charge is -2.34. The molecule has 0 spiro atoms. The molecular weight excluding hydrogens is 418 g/mol. The fraction of sp³-hybridized carbons (Fsp3) is 0.192. The minimum absolute atomic E-state index is 0.124. The number of fused-ring (bicyclic) bond motifs is 2. The first kappa shape index (κ1) is 20.8. The number of ether oxygens (including phenoxy) is 1. The van der Waals surface area contributed by atoms with Gasteiger partial charge in [-0.25, -0.2) is 0 Å². The Morgan fingerprint density at radius 1 is 1.06 bits per heavy atom. The van der Waals surface area contributed by atoms with Gasteiger partial charge in [-0.1, -0.05) is 54.5 Å². The Bertz CT molecular complexity index is 1320. The number of anilines is 1. The van der Waals surface area contributed by atoms with Crippen LogP contribution < -0.4 is 15.0 Å². The summed E-state index contributed by atoms with van der Waals surface area (Å²) in [5.41, 5.74) is 2.67. The van der Waals surface area contributed by atoms with Gasteiger partial charge >= 0.3 is 0 Å². The molecule has 1 N–H and O–H groups in total. The molecule has 166 valence electrons. The lowest BCUT2D eigenvalue weighted by Crippen LogP contribution is -2.50. The third-order valence-corrected chi connectivity index (χ3v) is 5.62. The highest BCUT2D eigenvalue weighted by Gasteiger charge is 2.34. The predicted molar refractivity (Wildman–Crippen MR) is 125 cm³/mol. The van der Waals surface area contributed by atoms with E-state index in [0.717, 1.165) is 17.4 Å². The number of carbonyl (C=O) groups is 2. The molecule has 0 radical (unpaired) electrons. The van der Waals surface area contributed by atoms with Crippen LogP contribution in [0.2, 0.25) is 0 Å². The second kappa shape index (κ2) is 8.78. The number of hydrogen-bond acceptors (Lipinski definition) is 5. The molecule has 1 unspecified atom stereocenters. The quantitative estimate of drug-likeness (QED) is 0.495. The number of benzene rings is 3. The number of nitrogens with zero attached hydrogens (tertiary/aromatic N) is 2. The molecule has 3 aromatic carbocycles. The molecule has 5 rings (SSSR count). The van der Waals surface area contributed by atoms with E-state index in [-0.39, 0.29) is 18.4 Å². The largest absolute Gasteiger partial charge is 0.477 e. The fourth-order valence-corrected chi connectivity index (χ4v) is 3.95. The number of aromatic nitrogens is 1. The number of rotatable bonds is 5. The molecule has 1 atom stereocenters. The van der Waals surface area contributed by atoms with E-state index in [1.165, 1.54) is 0 Å². The van der Waals surface area contributed by atoms with E-state index in [2.05, 4.69) is 10.5 Å². The van der Waals surface area contributed by atoms with Crippen molar-refractivity contribution in [2.45, 2.75) is 19.4 Å². The summed E-state index contributed by atoms with van der Waals surface area (Å²) in [6, 6.07) is 22.2. The zero-order chi connectivity index (χ0) is 22.8. The van der Waals surface area contributed by atoms with Gasteiger partial charge in [0.1, 0.15) is 11.3 Å². The molecule has 0 saturated heterocycles. The number of hydrogen-bond donors (Lipinski definition) is 1. The number of nitrogens with one attached hydrogen (secondary N) is 1. The summed E-state index contributed by atoms with van der Waals surface area (Å²) in [7, 11) is 0. The highest BCUT2D eigenvalue weighted by atomic mass is 16.5. The van der Waals surface area contributed by atoms with Crippen molar-refractivity contribution in [2.75, 3.05) is 18.0 Å². The number of amides is 2. The van der Waals surface area contributed by atoms with Gasteiger partial charge in [-0.3, -0.25) is 9.59 Å². The van der Waals surface area contributed by atoms with Crippen LogP contribution in [0, 0.1) is 0 Å². The summed E-state index contributed by atoms with van der Waals surface area (Å²) in [6.07, 6.45) is 0.0369. The van der Waals surface area contributed by atoms with Gasteiger partial charge in [0.25, 0.3) is 11.8 Å². The Morgan fingerprint density at radius 2 is 1.85 bits per heavy atom. The van der Waals surface area contributed by atoms with Crippen molar-refractivity contribution in [3.63, 3.8) is 0 Å². The second-order valence-electron chi connectivity index (χ2n) is 7.89. The molecule has 4 aromatic rings. The lowest BCUT2D eigenvalue weighted by molar-refractivity contribution is -0.127. The monoisotopic (exact) mass is 441 g/mol. The number of carbonyl (C=O) groups excluding carboxylic acids is 2. The fourth-order valence-electron chi connectivity index (χ4n) is 3.95. The van der Waals surface area contributed by atoms with Gasteiger partial charge in [-0.05, 0) is 36.8 Å². The minimum atomic E-state index is -0.783. The zero-order valence-corrected chi connectivity index (χ0v) is 18.2. The molecular formula is C26H23N3O4. The van der Waals surface area contributed by atoms with Crippen LogP contribution in [-0.4, -0.2) is 36.2 Å². The van der Waals surface area contributed by atoms with Crippen molar-refractivity contribution in [2.24, 2.45) is 0 Å². The first-order valence-electron chi connectivity index (χ1n) is 11.0. The summed E-state index contributed by atoms with van der Waals surface area (Å²) in [5.74, 6) is 0.662. The Hall–Kier alpha value is -4.13. The maximum atomic E-state index is 13.6. The van der Waals surface area contributed by atoms with Crippen LogP contribution in [0.25, 0.3) is 22.2 Å². The summed E-state index contributed by atoms with van der Waals surface area (Å²) in [5, 5.41) is 7.75. The van der Waals surface area contributed by atoms with Gasteiger partial charge in [-0.15, -0.1) is 0 Å². The lowest BCUT2D eigenvalue weighted by atomic mass is 10.0. The molecule has 7 heteroatoms. The Kier molecular flexibility index (Phi) is 5.52. The van der Waals surface area contributed by atoms with E-state index in [0.29, 0.717) is 34.8 Å². The predicted octanol–water partition coefficient (Wildman–Crippen LogP) is 4.43. The first-order valence-corrected chi connectivity index (χ1v) is 11.0. The third kappa shape index (κ3) is 3.93. The zero-order valence-electron chi connectivity index (χ0n) is 18.2. The first-order chi connectivity index (χ1) is 16.2. The van der Waals surface area contributed by atoms with E-state index in [9.17, 15) is 9.59 Å². The maximum absolute atomic E-state index is 13.6. The Morgan fingerprint density at radius 3 is 2.67 bits per heavy atom. The molecule has 0 aliphatic carbocycles. The average molecular weight is 441 g/mol. The molecule has 1 aliphatic heterocycles. The topological polar surface area (TPSA) is 84.7 Å². The minimum Gasteiger partial charge on any atom is -0.477 e. The molecule has 7 nitrogen and oxygen atoms in total. The summed E-state index contributed by atoms with van der Waals surface area (Å²) in [6.45, 7) is 2.66. The maximum Gasteiger partial charge on any atom is 0.262 e. The van der Waals surface area contributed by atoms with Crippen molar-refractivity contribution in [1.82, 2.24) is 10.5 Å². The molecule has 33 heavy (non-hydrogen) atoms. The molecule has 1 aliphatic rings. The van der Waals surface area contributed by atoms with Crippen LogP contribution >= 0.6 is 0 Å². The van der Waals surface area contributed by atoms with Crippen LogP contribution in [0.15, 0.2) is 77.3 Å². The molecule has 2 heterocycles. The average Bonchev–Trinajstić information content (AvgIpc) is 3.30. The Balaban J connectivity index is 1.51. The molecule has 1 aromatic heterocycles. The Labute approximate surface area is 190 Å². The summed E-state index contributed by atoms with van der Waals surface area (Å²) in [4.78, 5) is 27.9. The van der Waals surface area contributed by atoms with Gasteiger partial charge < -0.3 is 19.5 Å². The molecule has 2 amide bonds. The van der Waals surface area contributed by atoms with Crippen LogP contribution in [0.4, 0.5) is 5.69 Å². The van der Waals surface area contributed by atoms with E-state index in [1.54, 1.807) is 29.2 Å². The van der Waals surface area contributed by atoms with Crippen molar-refractivity contribution in [1.29, 1.82) is 0 Å². The van der Waals surface area contributed by atoms with Gasteiger partial charge in [0, 0.05) is 17.7 Å². The van der Waals surface area contributed by atoms with Crippen LogP contribution in [0.3, 0.4) is 0 Å². The van der Waals surface area contributed by atoms with Gasteiger partial charge in [0.05, 0.1) is 17.6 Å². The van der Waals surface area contributed by atoms with Gasteiger partial charge in [-0.2, -0.15) is 0 Å². The second-order valence-corrected chi connectivity index (χ2v) is 7.89. The normalized spacial score (nSPS) is 15.1. The highest BCUT2D eigenvalue weighted by Crippen LogP contribution is 2.35. The smallest absolute Gasteiger partial charge is 0.262 e. The van der Waals surface area contributed by atoms with Crippen LogP contribution in [0.1, 0.15) is 23.7 Å². The van der Waals surface area contributed by atoms with Crippen molar-refractivity contribution >= 4 is 28.4 Å². The SMILES string of the molecule is CCCNC(=O)C1CN(C(=O)c2ccc3noc(-c4ccccc4)c3c2)c2ccccc2O1. The highest BCUT2D eigenvalue weighted by molar-refractivity contribution is 6.10. The van der Waals surface area contributed by atoms with E-state index in [1.807, 2.05) is 55.5 Å². The summed E-state index contributed by atoms with van der Waals surface area (Å²) >= 11 is 0. The van der Waals surface area contributed by atoms with Crippen molar-refractivity contribution in [3.05, 3.63) is 78.4 Å². The third-order valence-electron chi connectivity index (χ3n) is 5.62. The van der Waals surface area contributed by atoms with E-state index >= 15 is 0 Å². The van der Waals surface area contributed by atoms with Gasteiger partial charge in [0.15, 0.2) is 11.9 Å². The standard InChI is InChI=1S/C26H23N3O4/c1-2-14-27-25(30)23-16-29(21-10-6-7-11-22(21)32-23)26(31)18-12-13-20-19(15-18)24(33-28-20)17-8-4-3-5-9-17/h3-13,15,23H,2,14,16H2,1H3,(H,27,30). The molecule has 0 saturated carbocycles. The summed E-state index contributed by atoms with van der Waals surface area (Å²) < 4.78 is 11.5. The van der Waals surface area contributed by atoms with Gasteiger partial charge in [0.2, 0.25) is 0 Å². The number of para-hydroxylation sites is 2. The van der Waals surface area contributed by atoms with Crippen molar-refractivity contribution in [3.8, 4) is 17.1 Å².